The van der Waals surface area contributed by atoms with E-state index in [2.05, 4.69) is 0 Å². The van der Waals surface area contributed by atoms with Crippen LogP contribution in [0.2, 0.25) is 0 Å². The highest BCUT2D eigenvalue weighted by Gasteiger charge is 2.37. The fraction of sp³-hybridized carbons (Fsp3) is 0.440. The Balaban J connectivity index is 2.02. The Kier molecular flexibility index (Phi) is 8.37. The van der Waals surface area contributed by atoms with Crippen molar-refractivity contribution in [3.8, 4) is 11.5 Å². The quantitative estimate of drug-likeness (QED) is 0.536. The molecule has 2 aromatic carbocycles. The number of anilines is 1. The van der Waals surface area contributed by atoms with Gasteiger partial charge in [0, 0.05) is 36.2 Å². The van der Waals surface area contributed by atoms with Gasteiger partial charge in [-0.15, -0.1) is 0 Å². The third-order valence-electron chi connectivity index (χ3n) is 6.01. The summed E-state index contributed by atoms with van der Waals surface area (Å²) in [5, 5.41) is 0. The van der Waals surface area contributed by atoms with Crippen LogP contribution in [0.25, 0.3) is 0 Å². The molecule has 2 atom stereocenters. The molecule has 8 nitrogen and oxygen atoms in total. The maximum Gasteiger partial charge on any atom is 0.414 e. The number of halogens is 2. The van der Waals surface area contributed by atoms with Crippen LogP contribution in [0.1, 0.15) is 37.3 Å². The molecule has 10 heteroatoms. The van der Waals surface area contributed by atoms with Gasteiger partial charge in [-0.3, -0.25) is 4.90 Å². The lowest BCUT2D eigenvalue weighted by Crippen LogP contribution is -2.46. The topological polar surface area (TPSA) is 77.5 Å². The van der Waals surface area contributed by atoms with Crippen molar-refractivity contribution in [2.24, 2.45) is 0 Å². The minimum atomic E-state index is -0.754. The molecule has 0 N–H and O–H groups in total. The Morgan fingerprint density at radius 3 is 2.37 bits per heavy atom. The number of amides is 2. The number of hydrogen-bond acceptors (Lipinski definition) is 6. The molecule has 35 heavy (non-hydrogen) atoms. The van der Waals surface area contributed by atoms with Gasteiger partial charge in [-0.2, -0.15) is 0 Å². The van der Waals surface area contributed by atoms with E-state index in [4.69, 9.17) is 18.9 Å². The van der Waals surface area contributed by atoms with Gasteiger partial charge in [-0.05, 0) is 38.0 Å². The summed E-state index contributed by atoms with van der Waals surface area (Å²) in [4.78, 5) is 28.3. The van der Waals surface area contributed by atoms with Gasteiger partial charge >= 0.3 is 12.2 Å². The van der Waals surface area contributed by atoms with Gasteiger partial charge in [0.25, 0.3) is 0 Å². The van der Waals surface area contributed by atoms with E-state index in [1.165, 1.54) is 32.3 Å². The van der Waals surface area contributed by atoms with Gasteiger partial charge in [-0.1, -0.05) is 6.07 Å². The number of benzene rings is 2. The number of hydrogen-bond donors (Lipinski definition) is 0. The van der Waals surface area contributed by atoms with E-state index in [0.717, 1.165) is 17.7 Å². The number of methoxy groups -OCH3 is 3. The first-order valence-electron chi connectivity index (χ1n) is 11.2. The molecular formula is C25H30F2N2O6. The van der Waals surface area contributed by atoms with Crippen LogP contribution in [0.3, 0.4) is 0 Å². The summed E-state index contributed by atoms with van der Waals surface area (Å²) in [6.07, 6.45) is -0.665. The molecule has 1 aliphatic rings. The summed E-state index contributed by atoms with van der Waals surface area (Å²) < 4.78 is 48.8. The molecule has 0 spiro atoms. The number of carbonyl (C=O) groups is 2. The first-order valence-corrected chi connectivity index (χ1v) is 11.2. The third kappa shape index (κ3) is 5.58. The van der Waals surface area contributed by atoms with E-state index in [1.807, 2.05) is 6.92 Å². The van der Waals surface area contributed by atoms with E-state index < -0.39 is 23.8 Å². The summed E-state index contributed by atoms with van der Waals surface area (Å²) in [6.45, 7) is 3.87. The van der Waals surface area contributed by atoms with Crippen molar-refractivity contribution >= 4 is 17.9 Å². The molecule has 3 rings (SSSR count). The molecule has 0 fully saturated rings. The number of carbonyl (C=O) groups excluding carboxylic acids is 2. The summed E-state index contributed by atoms with van der Waals surface area (Å²) in [7, 11) is 4.25. The average Bonchev–Trinajstić information content (AvgIpc) is 2.83. The molecular weight excluding hydrogens is 462 g/mol. The zero-order valence-corrected chi connectivity index (χ0v) is 20.5. The number of ether oxygens (including phenoxy) is 4. The van der Waals surface area contributed by atoms with Crippen molar-refractivity contribution < 1.29 is 37.3 Å². The summed E-state index contributed by atoms with van der Waals surface area (Å²) in [5.74, 6) is -0.814. The summed E-state index contributed by atoms with van der Waals surface area (Å²) >= 11 is 0. The normalized spacial score (nSPS) is 16.8. The lowest BCUT2D eigenvalue weighted by molar-refractivity contribution is 0.115. The first kappa shape index (κ1) is 26.1. The Hall–Kier alpha value is -3.56. The molecule has 1 aliphatic heterocycles. The van der Waals surface area contributed by atoms with Crippen LogP contribution in [0.4, 0.5) is 24.1 Å². The Labute approximate surface area is 203 Å². The van der Waals surface area contributed by atoms with Crippen LogP contribution in [-0.2, 0) is 16.0 Å². The third-order valence-corrected chi connectivity index (χ3v) is 6.01. The van der Waals surface area contributed by atoms with Crippen LogP contribution in [0.15, 0.2) is 30.3 Å². The molecule has 0 aromatic heterocycles. The molecule has 190 valence electrons. The Morgan fingerprint density at radius 2 is 1.77 bits per heavy atom. The highest BCUT2D eigenvalue weighted by molar-refractivity contribution is 5.91. The van der Waals surface area contributed by atoms with Gasteiger partial charge in [-0.25, -0.2) is 18.4 Å². The van der Waals surface area contributed by atoms with Crippen LogP contribution < -0.4 is 14.4 Å². The van der Waals surface area contributed by atoms with Crippen molar-refractivity contribution in [2.45, 2.75) is 38.8 Å². The largest absolute Gasteiger partial charge is 0.493 e. The lowest BCUT2D eigenvalue weighted by atomic mass is 9.85. The van der Waals surface area contributed by atoms with Gasteiger partial charge in [0.15, 0.2) is 11.5 Å². The van der Waals surface area contributed by atoms with Gasteiger partial charge in [0.05, 0.1) is 40.2 Å². The van der Waals surface area contributed by atoms with Crippen LogP contribution in [0.5, 0.6) is 11.5 Å². The van der Waals surface area contributed by atoms with Crippen molar-refractivity contribution in [3.63, 3.8) is 0 Å². The second-order valence-corrected chi connectivity index (χ2v) is 8.20. The monoisotopic (exact) mass is 492 g/mol. The first-order chi connectivity index (χ1) is 16.7. The average molecular weight is 493 g/mol. The van der Waals surface area contributed by atoms with E-state index in [1.54, 1.807) is 24.0 Å². The van der Waals surface area contributed by atoms with E-state index in [-0.39, 0.29) is 37.2 Å². The number of rotatable bonds is 7. The summed E-state index contributed by atoms with van der Waals surface area (Å²) in [6, 6.07) is 6.42. The number of fused-ring (bicyclic) bond motifs is 1. The Bertz CT molecular complexity index is 1080. The fourth-order valence-electron chi connectivity index (χ4n) is 4.40. The van der Waals surface area contributed by atoms with Gasteiger partial charge < -0.3 is 23.8 Å². The van der Waals surface area contributed by atoms with Crippen LogP contribution in [0, 0.1) is 11.6 Å². The molecule has 2 amide bonds. The van der Waals surface area contributed by atoms with Crippen molar-refractivity contribution in [1.82, 2.24) is 4.90 Å². The molecule has 0 saturated carbocycles. The smallest absolute Gasteiger partial charge is 0.414 e. The maximum absolute atomic E-state index is 14.3. The zero-order chi connectivity index (χ0) is 25.7. The minimum Gasteiger partial charge on any atom is -0.493 e. The molecule has 2 unspecified atom stereocenters. The predicted octanol–water partition coefficient (Wildman–Crippen LogP) is 5.09. The molecule has 0 aliphatic carbocycles. The summed E-state index contributed by atoms with van der Waals surface area (Å²) in [5.41, 5.74) is 1.46. The highest BCUT2D eigenvalue weighted by Crippen LogP contribution is 2.45. The highest BCUT2D eigenvalue weighted by atomic mass is 19.1. The van der Waals surface area contributed by atoms with E-state index in [0.29, 0.717) is 23.6 Å². The second kappa shape index (κ2) is 11.2. The predicted molar refractivity (Wildman–Crippen MR) is 125 cm³/mol. The van der Waals surface area contributed by atoms with Crippen molar-refractivity contribution in [1.29, 1.82) is 0 Å². The molecule has 1 heterocycles. The minimum absolute atomic E-state index is 0.117. The maximum atomic E-state index is 14.3. The van der Waals surface area contributed by atoms with Gasteiger partial charge in [0.1, 0.15) is 11.6 Å². The fourth-order valence-corrected chi connectivity index (χ4v) is 4.40. The lowest BCUT2D eigenvalue weighted by Gasteiger charge is -2.40. The molecule has 0 bridgehead atoms. The Morgan fingerprint density at radius 1 is 1.09 bits per heavy atom. The SMILES string of the molecule is CCOC(=O)N1c2cc(OC)c(OC)cc2C(CN(Cc2ccc(F)cc2F)C(=O)OC)CC1C. The van der Waals surface area contributed by atoms with E-state index in [9.17, 15) is 18.4 Å². The molecule has 2 aromatic rings. The standard InChI is InChI=1S/C25H30F2N2O6/c1-6-35-25(31)29-15(2)9-17(19-11-22(32-3)23(33-4)12-21(19)29)14-28(24(30)34-5)13-16-7-8-18(26)10-20(16)27/h7-8,10-12,15,17H,6,9,13-14H2,1-5H3. The van der Waals surface area contributed by atoms with Crippen molar-refractivity contribution in [3.05, 3.63) is 53.1 Å². The van der Waals surface area contributed by atoms with Gasteiger partial charge in [0.2, 0.25) is 0 Å². The molecule has 0 radical (unpaired) electrons. The zero-order valence-electron chi connectivity index (χ0n) is 20.5. The number of nitrogens with zero attached hydrogens (tertiary/aromatic N) is 2. The van der Waals surface area contributed by atoms with Crippen LogP contribution >= 0.6 is 0 Å². The molecule has 0 saturated heterocycles. The second-order valence-electron chi connectivity index (χ2n) is 8.20. The van der Waals surface area contributed by atoms with Crippen molar-refractivity contribution in [2.75, 3.05) is 39.4 Å². The van der Waals surface area contributed by atoms with Crippen LogP contribution in [-0.4, -0.2) is 57.6 Å². The van der Waals surface area contributed by atoms with E-state index >= 15 is 0 Å².